The Kier molecular flexibility index (Phi) is 9.03. The molecule has 0 aromatic heterocycles. The summed E-state index contributed by atoms with van der Waals surface area (Å²) >= 11 is 0. The lowest BCUT2D eigenvalue weighted by atomic mass is 9.82. The van der Waals surface area contributed by atoms with Crippen molar-refractivity contribution in [3.8, 4) is 0 Å². The molecule has 2 saturated carbocycles. The maximum Gasteiger partial charge on any atom is 0.408 e. The second-order valence-electron chi connectivity index (χ2n) is 14.3. The number of nitrogens with zero attached hydrogens (tertiary/aromatic N) is 2. The van der Waals surface area contributed by atoms with E-state index in [2.05, 4.69) is 17.0 Å². The maximum atomic E-state index is 14.4. The molecule has 0 aromatic carbocycles. The van der Waals surface area contributed by atoms with Crippen LogP contribution in [-0.2, 0) is 24.4 Å². The smallest absolute Gasteiger partial charge is 0.408 e. The number of fused-ring (bicyclic) bond motifs is 2. The lowest BCUT2D eigenvalue weighted by Gasteiger charge is -2.44. The molecule has 0 radical (unpaired) electrons. The van der Waals surface area contributed by atoms with Crippen LogP contribution in [0.15, 0.2) is 12.2 Å². The van der Waals surface area contributed by atoms with Crippen molar-refractivity contribution < 1.29 is 37.8 Å². The molecule has 12 nitrogen and oxygen atoms in total. The van der Waals surface area contributed by atoms with Gasteiger partial charge in [-0.05, 0) is 78.1 Å². The van der Waals surface area contributed by atoms with Crippen LogP contribution in [-0.4, -0.2) is 92.8 Å². The van der Waals surface area contributed by atoms with Gasteiger partial charge in [0, 0.05) is 24.4 Å². The van der Waals surface area contributed by atoms with Gasteiger partial charge in [-0.1, -0.05) is 32.4 Å². The highest BCUT2D eigenvalue weighted by Gasteiger charge is 2.63. The number of hydrogen-bond donors (Lipinski definition) is 4. The third-order valence-electron chi connectivity index (χ3n) is 9.79. The van der Waals surface area contributed by atoms with Gasteiger partial charge in [0.25, 0.3) is 5.91 Å². The summed E-state index contributed by atoms with van der Waals surface area (Å²) in [4.78, 5) is 56.9. The van der Waals surface area contributed by atoms with E-state index in [-0.39, 0.29) is 31.2 Å². The largest absolute Gasteiger partial charge is 0.465 e. The van der Waals surface area contributed by atoms with Crippen molar-refractivity contribution in [1.82, 2.24) is 19.8 Å². The number of amides is 4. The molecule has 2 heterocycles. The maximum absolute atomic E-state index is 14.4. The first kappa shape index (κ1) is 33.2. The van der Waals surface area contributed by atoms with Crippen LogP contribution in [0.2, 0.25) is 0 Å². The fraction of sp³-hybridized carbons (Fsp3) is 0.800. The fourth-order valence-electron chi connectivity index (χ4n) is 6.68. The van der Waals surface area contributed by atoms with Crippen LogP contribution in [0, 0.1) is 17.8 Å². The molecule has 242 valence electrons. The molecular weight excluding hydrogens is 576 g/mol. The minimum absolute atomic E-state index is 0.0886. The Morgan fingerprint density at radius 1 is 1.21 bits per heavy atom. The van der Waals surface area contributed by atoms with Gasteiger partial charge in [0.05, 0.1) is 10.9 Å². The molecule has 2 aliphatic carbocycles. The monoisotopic (exact) mass is 624 g/mol. The van der Waals surface area contributed by atoms with Gasteiger partial charge in [0.1, 0.15) is 17.6 Å². The van der Waals surface area contributed by atoms with E-state index in [1.54, 1.807) is 27.7 Å². The fourth-order valence-corrected chi connectivity index (χ4v) is 7.99. The third-order valence-corrected chi connectivity index (χ3v) is 12.0. The molecule has 4 rings (SSSR count). The number of nitrogens with one attached hydrogen (secondary N) is 2. The molecule has 2 aliphatic heterocycles. The molecule has 3 fully saturated rings. The number of carbonyl (C=O) groups excluding carboxylic acids is 3. The molecule has 1 unspecified atom stereocenters. The predicted molar refractivity (Wildman–Crippen MR) is 159 cm³/mol. The summed E-state index contributed by atoms with van der Waals surface area (Å²) in [6.45, 7) is 10.6. The second kappa shape index (κ2) is 11.7. The van der Waals surface area contributed by atoms with E-state index >= 15 is 0 Å². The molecule has 4 aliphatic rings. The van der Waals surface area contributed by atoms with Crippen LogP contribution in [0.5, 0.6) is 0 Å². The number of aliphatic hydroxyl groups is 1. The molecule has 1 saturated heterocycles. The van der Waals surface area contributed by atoms with Crippen LogP contribution < -0.4 is 10.0 Å². The van der Waals surface area contributed by atoms with E-state index in [0.717, 1.165) is 6.42 Å². The lowest BCUT2D eigenvalue weighted by molar-refractivity contribution is -0.146. The van der Waals surface area contributed by atoms with E-state index in [1.807, 2.05) is 19.1 Å². The van der Waals surface area contributed by atoms with Crippen molar-refractivity contribution in [1.29, 1.82) is 0 Å². The van der Waals surface area contributed by atoms with Gasteiger partial charge in [-0.3, -0.25) is 24.0 Å². The van der Waals surface area contributed by atoms with Crippen LogP contribution >= 0.6 is 0 Å². The topological polar surface area (TPSA) is 173 Å². The summed E-state index contributed by atoms with van der Waals surface area (Å²) in [6.07, 6.45) is 5.03. The minimum Gasteiger partial charge on any atom is -0.465 e. The average molecular weight is 625 g/mol. The van der Waals surface area contributed by atoms with Gasteiger partial charge >= 0.3 is 6.09 Å². The summed E-state index contributed by atoms with van der Waals surface area (Å²) in [6, 6.07) is -2.25. The molecule has 4 amide bonds. The molecule has 0 spiro atoms. The highest BCUT2D eigenvalue weighted by molar-refractivity contribution is 7.91. The van der Waals surface area contributed by atoms with Gasteiger partial charge in [0.2, 0.25) is 21.8 Å². The van der Waals surface area contributed by atoms with Crippen LogP contribution in [0.4, 0.5) is 4.79 Å². The summed E-state index contributed by atoms with van der Waals surface area (Å²) in [5.74, 6) is -2.69. The SMILES string of the molecule is CC[C@@H]1CC(C)CCC=C[C@@H]2C[C@@]2(C(=O)NS(=O)(=O)C2(C)CC2)NC(=O)[C@@H]2C[C@@H](O)CN2C(=O)[C@H]1N(C(=O)O)C(C)(C)C. The van der Waals surface area contributed by atoms with E-state index in [1.165, 1.54) is 9.80 Å². The molecule has 43 heavy (non-hydrogen) atoms. The van der Waals surface area contributed by atoms with Crippen LogP contribution in [0.25, 0.3) is 0 Å². The van der Waals surface area contributed by atoms with E-state index in [0.29, 0.717) is 32.1 Å². The summed E-state index contributed by atoms with van der Waals surface area (Å²) < 4.78 is 27.0. The van der Waals surface area contributed by atoms with Crippen molar-refractivity contribution in [2.75, 3.05) is 6.54 Å². The first-order valence-corrected chi connectivity index (χ1v) is 16.9. The Morgan fingerprint density at radius 2 is 1.86 bits per heavy atom. The first-order chi connectivity index (χ1) is 19.9. The molecule has 0 aromatic rings. The second-order valence-corrected chi connectivity index (χ2v) is 16.5. The Balaban J connectivity index is 1.73. The normalized spacial score (nSPS) is 34.6. The Labute approximate surface area is 254 Å². The van der Waals surface area contributed by atoms with Crippen molar-refractivity contribution in [2.24, 2.45) is 17.8 Å². The van der Waals surface area contributed by atoms with Crippen LogP contribution in [0.1, 0.15) is 92.9 Å². The number of carboxylic acid groups (broad SMARTS) is 1. The summed E-state index contributed by atoms with van der Waals surface area (Å²) in [7, 11) is -3.96. The Bertz CT molecular complexity index is 1270. The van der Waals surface area contributed by atoms with Crippen molar-refractivity contribution in [3.63, 3.8) is 0 Å². The van der Waals surface area contributed by atoms with Gasteiger partial charge in [-0.25, -0.2) is 13.2 Å². The quantitative estimate of drug-likeness (QED) is 0.338. The first-order valence-electron chi connectivity index (χ1n) is 15.4. The number of allylic oxidation sites excluding steroid dienone is 1. The standard InChI is InChI=1S/C30H48N4O8S/c1-7-19-14-18(2)10-8-9-11-20-16-30(20,26(38)32-43(41,42)29(6)12-13-29)31-24(36)22-15-21(35)17-33(22)25(37)23(19)34(27(39)40)28(3,4)5/h9,11,18-23,35H,7-8,10,12-17H2,1-6H3,(H,31,36)(H,32,38)(H,39,40)/t18?,19-,20-,21-,22+,23+,30-/m1/s1. The molecule has 4 N–H and O–H groups in total. The van der Waals surface area contributed by atoms with Crippen LogP contribution in [0.3, 0.4) is 0 Å². The number of carbonyl (C=O) groups is 4. The van der Waals surface area contributed by atoms with Gasteiger partial charge < -0.3 is 20.4 Å². The van der Waals surface area contributed by atoms with Gasteiger partial charge in [-0.15, -0.1) is 0 Å². The number of aliphatic hydroxyl groups excluding tert-OH is 1. The average Bonchev–Trinajstić information content (AvgIpc) is 3.77. The molecular formula is C30H48N4O8S. The van der Waals surface area contributed by atoms with Crippen molar-refractivity contribution in [3.05, 3.63) is 12.2 Å². The number of hydrogen-bond acceptors (Lipinski definition) is 7. The number of rotatable bonds is 5. The highest BCUT2D eigenvalue weighted by Crippen LogP contribution is 2.47. The zero-order valence-corrected chi connectivity index (χ0v) is 26.9. The minimum atomic E-state index is -3.96. The zero-order valence-electron chi connectivity index (χ0n) is 26.1. The highest BCUT2D eigenvalue weighted by atomic mass is 32.2. The molecule has 0 bridgehead atoms. The molecule has 7 atom stereocenters. The molecule has 13 heteroatoms. The summed E-state index contributed by atoms with van der Waals surface area (Å²) in [5, 5.41) is 23.7. The Hall–Kier alpha value is -2.67. The van der Waals surface area contributed by atoms with E-state index in [9.17, 15) is 37.8 Å². The predicted octanol–water partition coefficient (Wildman–Crippen LogP) is 2.37. The Morgan fingerprint density at radius 3 is 2.42 bits per heavy atom. The van der Waals surface area contributed by atoms with Crippen molar-refractivity contribution in [2.45, 2.75) is 127 Å². The zero-order chi connectivity index (χ0) is 32.1. The lowest BCUT2D eigenvalue weighted by Crippen LogP contribution is -2.62. The third kappa shape index (κ3) is 6.57. The number of sulfonamides is 1. The van der Waals surface area contributed by atoms with E-state index in [4.69, 9.17) is 0 Å². The van der Waals surface area contributed by atoms with E-state index < -0.39 is 73.8 Å². The van der Waals surface area contributed by atoms with Gasteiger partial charge in [0.15, 0.2) is 0 Å². The summed E-state index contributed by atoms with van der Waals surface area (Å²) in [5.41, 5.74) is -2.44. The van der Waals surface area contributed by atoms with Gasteiger partial charge in [-0.2, -0.15) is 0 Å². The van der Waals surface area contributed by atoms with Crippen molar-refractivity contribution >= 4 is 33.8 Å².